The van der Waals surface area contributed by atoms with Crippen LogP contribution >= 0.6 is 0 Å². The molecule has 3 N–H and O–H groups in total. The molecule has 0 heterocycles. The van der Waals surface area contributed by atoms with E-state index in [-0.39, 0.29) is 19.1 Å². The van der Waals surface area contributed by atoms with Crippen LogP contribution < -0.4 is 10.6 Å². The number of carboxylic acids is 1. The number of fused-ring (bicyclic) bond motifs is 3. The molecule has 0 bridgehead atoms. The van der Waals surface area contributed by atoms with Gasteiger partial charge in [-0.1, -0.05) is 54.6 Å². The van der Waals surface area contributed by atoms with Crippen LogP contribution in [-0.4, -0.2) is 42.3 Å². The van der Waals surface area contributed by atoms with E-state index in [0.717, 1.165) is 22.3 Å². The summed E-state index contributed by atoms with van der Waals surface area (Å²) < 4.78 is 5.38. The van der Waals surface area contributed by atoms with E-state index < -0.39 is 24.0 Å². The number of carboxylic acid groups (broad SMARTS) is 1. The topological polar surface area (TPSA) is 105 Å². The fourth-order valence-corrected chi connectivity index (χ4v) is 3.28. The number of carbonyl (C=O) groups excluding carboxylic acids is 2. The second-order valence-corrected chi connectivity index (χ2v) is 6.68. The van der Waals surface area contributed by atoms with Crippen LogP contribution in [0, 0.1) is 0 Å². The smallest absolute Gasteiger partial charge is 0.407 e. The maximum absolute atomic E-state index is 12.0. The van der Waals surface area contributed by atoms with Crippen LogP contribution in [0.3, 0.4) is 0 Å². The number of amides is 2. The molecule has 1 atom stereocenters. The van der Waals surface area contributed by atoms with Gasteiger partial charge in [0, 0.05) is 18.5 Å². The zero-order chi connectivity index (χ0) is 20.8. The molecule has 1 aliphatic rings. The van der Waals surface area contributed by atoms with Gasteiger partial charge in [-0.05, 0) is 29.2 Å². The fraction of sp³-hybridized carbons (Fsp3) is 0.227. The Hall–Kier alpha value is -3.61. The Morgan fingerprint density at radius 2 is 1.66 bits per heavy atom. The number of rotatable bonds is 7. The summed E-state index contributed by atoms with van der Waals surface area (Å²) in [6.07, 6.45) is 2.00. The van der Waals surface area contributed by atoms with Crippen LogP contribution in [0.25, 0.3) is 11.1 Å². The maximum Gasteiger partial charge on any atom is 0.407 e. The molecule has 2 amide bonds. The third-order valence-corrected chi connectivity index (χ3v) is 4.71. The molecule has 7 nitrogen and oxygen atoms in total. The summed E-state index contributed by atoms with van der Waals surface area (Å²) in [5.41, 5.74) is 4.57. The Balaban J connectivity index is 1.50. The number of carbonyl (C=O) groups is 3. The second-order valence-electron chi connectivity index (χ2n) is 6.68. The highest BCUT2D eigenvalue weighted by Crippen LogP contribution is 2.44. The molecule has 0 saturated carbocycles. The third kappa shape index (κ3) is 4.82. The van der Waals surface area contributed by atoms with E-state index >= 15 is 0 Å². The van der Waals surface area contributed by atoms with Crippen LogP contribution in [0.1, 0.15) is 24.0 Å². The van der Waals surface area contributed by atoms with Gasteiger partial charge in [0.05, 0.1) is 0 Å². The quantitative estimate of drug-likeness (QED) is 0.626. The van der Waals surface area contributed by atoms with Gasteiger partial charge < -0.3 is 20.5 Å². The lowest BCUT2D eigenvalue weighted by Gasteiger charge is -2.14. The van der Waals surface area contributed by atoms with Crippen molar-refractivity contribution in [3.8, 4) is 11.1 Å². The minimum absolute atomic E-state index is 0.0213. The molecule has 1 aliphatic carbocycles. The number of aliphatic carboxylic acids is 1. The van der Waals surface area contributed by atoms with Gasteiger partial charge in [0.2, 0.25) is 5.91 Å². The van der Waals surface area contributed by atoms with Crippen molar-refractivity contribution < 1.29 is 24.2 Å². The lowest BCUT2D eigenvalue weighted by atomic mass is 9.98. The Bertz CT molecular complexity index is 908. The summed E-state index contributed by atoms with van der Waals surface area (Å²) in [6.45, 7) is 1.66. The Morgan fingerprint density at radius 3 is 2.24 bits per heavy atom. The van der Waals surface area contributed by atoms with E-state index in [1.807, 2.05) is 36.4 Å². The number of alkyl carbamates (subject to hydrolysis) is 1. The normalized spacial score (nSPS) is 13.4. The van der Waals surface area contributed by atoms with Crippen LogP contribution in [0.5, 0.6) is 0 Å². The van der Waals surface area contributed by atoms with Crippen LogP contribution in [0.15, 0.2) is 60.7 Å². The van der Waals surface area contributed by atoms with Gasteiger partial charge in [0.25, 0.3) is 0 Å². The highest BCUT2D eigenvalue weighted by atomic mass is 16.5. The summed E-state index contributed by atoms with van der Waals surface area (Å²) >= 11 is 0. The summed E-state index contributed by atoms with van der Waals surface area (Å²) in [5.74, 6) is -1.69. The van der Waals surface area contributed by atoms with E-state index in [9.17, 15) is 14.4 Å². The number of nitrogens with one attached hydrogen (secondary N) is 2. The molecule has 0 spiro atoms. The summed E-state index contributed by atoms with van der Waals surface area (Å²) in [5, 5.41) is 13.6. The van der Waals surface area contributed by atoms with Crippen molar-refractivity contribution in [2.75, 3.05) is 13.2 Å². The average Bonchev–Trinajstić information content (AvgIpc) is 3.03. The van der Waals surface area contributed by atoms with Gasteiger partial charge in [0.15, 0.2) is 0 Å². The van der Waals surface area contributed by atoms with Crippen molar-refractivity contribution in [2.45, 2.75) is 18.9 Å². The van der Waals surface area contributed by atoms with Gasteiger partial charge in [-0.3, -0.25) is 9.59 Å². The molecule has 2 aromatic carbocycles. The number of benzene rings is 2. The number of ether oxygens (including phenoxy) is 1. The molecule has 0 unspecified atom stereocenters. The van der Waals surface area contributed by atoms with Gasteiger partial charge in [-0.2, -0.15) is 0 Å². The van der Waals surface area contributed by atoms with Gasteiger partial charge >= 0.3 is 12.1 Å². The van der Waals surface area contributed by atoms with Crippen LogP contribution in [0.2, 0.25) is 0 Å². The van der Waals surface area contributed by atoms with Crippen molar-refractivity contribution in [1.29, 1.82) is 0 Å². The minimum Gasteiger partial charge on any atom is -0.480 e. The Labute approximate surface area is 168 Å². The molecule has 29 heavy (non-hydrogen) atoms. The molecule has 0 aromatic heterocycles. The zero-order valence-corrected chi connectivity index (χ0v) is 15.9. The van der Waals surface area contributed by atoms with Crippen LogP contribution in [0.4, 0.5) is 4.79 Å². The molecule has 2 aromatic rings. The summed E-state index contributed by atoms with van der Waals surface area (Å²) in [6, 6.07) is 15.2. The molecule has 0 fully saturated rings. The van der Waals surface area contributed by atoms with E-state index in [4.69, 9.17) is 9.84 Å². The van der Waals surface area contributed by atoms with Crippen molar-refractivity contribution in [2.24, 2.45) is 0 Å². The lowest BCUT2D eigenvalue weighted by molar-refractivity contribution is -0.140. The SMILES string of the molecule is C[C@H](NC(=O)/C=C/CNC(=O)OCC1c2ccccc2-c2ccccc21)C(=O)O. The largest absolute Gasteiger partial charge is 0.480 e. The van der Waals surface area contributed by atoms with Gasteiger partial charge in [-0.25, -0.2) is 4.79 Å². The van der Waals surface area contributed by atoms with Crippen molar-refractivity contribution in [1.82, 2.24) is 10.6 Å². The molecule has 0 saturated heterocycles. The predicted octanol–water partition coefficient (Wildman–Crippen LogP) is 2.67. The first-order chi connectivity index (χ1) is 14.0. The fourth-order valence-electron chi connectivity index (χ4n) is 3.28. The maximum atomic E-state index is 12.0. The Kier molecular flexibility index (Phi) is 6.29. The van der Waals surface area contributed by atoms with Crippen molar-refractivity contribution in [3.05, 3.63) is 71.8 Å². The van der Waals surface area contributed by atoms with Gasteiger partial charge in [0.1, 0.15) is 12.6 Å². The second kappa shape index (κ2) is 9.05. The molecule has 3 rings (SSSR count). The monoisotopic (exact) mass is 394 g/mol. The molecule has 150 valence electrons. The number of hydrogen-bond acceptors (Lipinski definition) is 4. The highest BCUT2D eigenvalue weighted by molar-refractivity contribution is 5.91. The summed E-state index contributed by atoms with van der Waals surface area (Å²) in [4.78, 5) is 34.2. The average molecular weight is 394 g/mol. The molecular weight excluding hydrogens is 372 g/mol. The Morgan fingerprint density at radius 1 is 1.07 bits per heavy atom. The van der Waals surface area contributed by atoms with Crippen molar-refractivity contribution >= 4 is 18.0 Å². The van der Waals surface area contributed by atoms with Gasteiger partial charge in [-0.15, -0.1) is 0 Å². The minimum atomic E-state index is -1.12. The standard InChI is InChI=1S/C22H22N2O5/c1-14(21(26)27)24-20(25)11-6-12-23-22(28)29-13-19-17-9-4-2-7-15(17)16-8-3-5-10-18(16)19/h2-11,14,19H,12-13H2,1H3,(H,23,28)(H,24,25)(H,26,27)/b11-6+/t14-/m0/s1. The molecular formula is C22H22N2O5. The third-order valence-electron chi connectivity index (χ3n) is 4.71. The zero-order valence-electron chi connectivity index (χ0n) is 15.9. The van der Waals surface area contributed by atoms with E-state index in [1.54, 1.807) is 0 Å². The van der Waals surface area contributed by atoms with Crippen LogP contribution in [-0.2, 0) is 14.3 Å². The van der Waals surface area contributed by atoms with E-state index in [2.05, 4.69) is 22.8 Å². The first-order valence-corrected chi connectivity index (χ1v) is 9.26. The highest BCUT2D eigenvalue weighted by Gasteiger charge is 2.28. The van der Waals surface area contributed by atoms with E-state index in [1.165, 1.54) is 19.1 Å². The molecule has 0 aliphatic heterocycles. The van der Waals surface area contributed by atoms with Crippen molar-refractivity contribution in [3.63, 3.8) is 0 Å². The first-order valence-electron chi connectivity index (χ1n) is 9.26. The predicted molar refractivity (Wildman–Crippen MR) is 107 cm³/mol. The molecule has 7 heteroatoms. The lowest BCUT2D eigenvalue weighted by Crippen LogP contribution is -2.37. The first kappa shape index (κ1) is 20.1. The number of hydrogen-bond donors (Lipinski definition) is 3. The summed E-state index contributed by atoms with van der Waals surface area (Å²) in [7, 11) is 0. The molecule has 0 radical (unpaired) electrons. The van der Waals surface area contributed by atoms with E-state index in [0.29, 0.717) is 0 Å².